The third-order valence-electron chi connectivity index (χ3n) is 6.64. The molecule has 0 aliphatic carbocycles. The maximum absolute atomic E-state index is 13.3. The number of nitrogens with zero attached hydrogens (tertiary/aromatic N) is 2. The van der Waals surface area contributed by atoms with E-state index in [1.54, 1.807) is 25.3 Å². The van der Waals surface area contributed by atoms with Gasteiger partial charge in [-0.3, -0.25) is 9.59 Å². The number of aromatic nitrogens is 1. The van der Waals surface area contributed by atoms with Crippen LogP contribution in [0.25, 0.3) is 0 Å². The highest BCUT2D eigenvalue weighted by Crippen LogP contribution is 2.36. The summed E-state index contributed by atoms with van der Waals surface area (Å²) in [6.07, 6.45) is 1.30. The fourth-order valence-corrected chi connectivity index (χ4v) is 3.76. The van der Waals surface area contributed by atoms with Crippen molar-refractivity contribution in [3.8, 4) is 0 Å². The quantitative estimate of drug-likeness (QED) is 0.510. The van der Waals surface area contributed by atoms with Gasteiger partial charge in [0.2, 0.25) is 11.8 Å². The van der Waals surface area contributed by atoms with Gasteiger partial charge in [-0.25, -0.2) is 9.78 Å². The summed E-state index contributed by atoms with van der Waals surface area (Å²) >= 11 is 0. The van der Waals surface area contributed by atoms with E-state index in [2.05, 4.69) is 20.4 Å². The topological polar surface area (TPSA) is 119 Å². The molecule has 194 valence electrons. The number of carbonyl (C=O) groups is 3. The molecule has 0 bridgehead atoms. The van der Waals surface area contributed by atoms with Crippen molar-refractivity contribution < 1.29 is 28.4 Å². The molecule has 3 amide bonds. The van der Waals surface area contributed by atoms with Gasteiger partial charge < -0.3 is 29.6 Å². The molecule has 35 heavy (non-hydrogen) atoms. The number of hydrogen-bond acceptors (Lipinski definition) is 7. The van der Waals surface area contributed by atoms with Crippen LogP contribution in [-0.2, 0) is 23.6 Å². The molecule has 1 aliphatic heterocycles. The van der Waals surface area contributed by atoms with Crippen LogP contribution in [-0.4, -0.2) is 71.9 Å². The molecule has 2 atom stereocenters. The minimum atomic E-state index is -0.818. The van der Waals surface area contributed by atoms with Crippen LogP contribution in [0, 0.1) is 5.92 Å². The Labute approximate surface area is 208 Å². The highest BCUT2D eigenvalue weighted by atomic mass is 16.7. The highest BCUT2D eigenvalue weighted by molar-refractivity contribution is 6.62. The number of rotatable bonds is 9. The van der Waals surface area contributed by atoms with Crippen molar-refractivity contribution in [2.45, 2.75) is 85.1 Å². The largest absolute Gasteiger partial charge is 0.496 e. The van der Waals surface area contributed by atoms with E-state index in [1.165, 1.54) is 12.0 Å². The van der Waals surface area contributed by atoms with Crippen LogP contribution in [0.5, 0.6) is 0 Å². The highest BCUT2D eigenvalue weighted by Gasteiger charge is 2.51. The Morgan fingerprint density at radius 1 is 1.11 bits per heavy atom. The fourth-order valence-electron chi connectivity index (χ4n) is 3.76. The Morgan fingerprint density at radius 2 is 1.71 bits per heavy atom. The molecule has 1 aliphatic rings. The number of hydrogen-bond donors (Lipinski definition) is 2. The van der Waals surface area contributed by atoms with Gasteiger partial charge in [0.25, 0.3) is 0 Å². The smallest absolute Gasteiger partial charge is 0.453 e. The van der Waals surface area contributed by atoms with Gasteiger partial charge in [0.15, 0.2) is 0 Å². The number of ether oxygens (including phenoxy) is 1. The summed E-state index contributed by atoms with van der Waals surface area (Å²) in [4.78, 5) is 43.9. The van der Waals surface area contributed by atoms with Crippen molar-refractivity contribution in [2.24, 2.45) is 5.92 Å². The molecular formula is C24H39BN4O6. The molecule has 1 aromatic rings. The third kappa shape index (κ3) is 6.52. The second-order valence-electron chi connectivity index (χ2n) is 9.96. The van der Waals surface area contributed by atoms with Gasteiger partial charge in [-0.1, -0.05) is 26.8 Å². The summed E-state index contributed by atoms with van der Waals surface area (Å²) in [7, 11) is 0.686. The van der Waals surface area contributed by atoms with E-state index >= 15 is 0 Å². The number of amides is 3. The van der Waals surface area contributed by atoms with Crippen LogP contribution in [0.1, 0.15) is 61.8 Å². The number of methoxy groups -OCH3 is 1. The summed E-state index contributed by atoms with van der Waals surface area (Å²) < 4.78 is 16.7. The zero-order valence-electron chi connectivity index (χ0n) is 22.3. The SMILES string of the molecule is CCC(C(=O)Nc1ccc(B2OC(C)(C)C(C)(C)O2)cn1)N(CC)C(=O)C(NC(=O)OC)C(C)C. The average Bonchev–Trinajstić information content (AvgIpc) is 3.01. The molecule has 1 aromatic heterocycles. The van der Waals surface area contributed by atoms with E-state index in [0.29, 0.717) is 18.8 Å². The summed E-state index contributed by atoms with van der Waals surface area (Å²) in [6, 6.07) is 1.92. The van der Waals surface area contributed by atoms with Crippen molar-refractivity contribution in [2.75, 3.05) is 19.0 Å². The zero-order chi connectivity index (χ0) is 26.6. The van der Waals surface area contributed by atoms with Gasteiger partial charge in [-0.2, -0.15) is 0 Å². The van der Waals surface area contributed by atoms with Crippen LogP contribution in [0.3, 0.4) is 0 Å². The van der Waals surface area contributed by atoms with Gasteiger partial charge in [-0.15, -0.1) is 0 Å². The van der Waals surface area contributed by atoms with Crippen LogP contribution >= 0.6 is 0 Å². The minimum Gasteiger partial charge on any atom is -0.453 e. The fraction of sp³-hybridized carbons (Fsp3) is 0.667. The van der Waals surface area contributed by atoms with Gasteiger partial charge in [-0.05, 0) is 53.0 Å². The molecule has 1 fully saturated rings. The van der Waals surface area contributed by atoms with Crippen LogP contribution in [0.2, 0.25) is 0 Å². The van der Waals surface area contributed by atoms with Crippen LogP contribution in [0.4, 0.5) is 10.6 Å². The number of carbonyl (C=O) groups excluding carboxylic acids is 3. The number of nitrogens with one attached hydrogen (secondary N) is 2. The first kappa shape index (κ1) is 28.6. The molecular weight excluding hydrogens is 451 g/mol. The van der Waals surface area contributed by atoms with Gasteiger partial charge in [0.1, 0.15) is 17.9 Å². The molecule has 0 radical (unpaired) electrons. The lowest BCUT2D eigenvalue weighted by Crippen LogP contribution is -2.56. The number of pyridine rings is 1. The Hall–Kier alpha value is -2.66. The first-order valence-corrected chi connectivity index (χ1v) is 12.0. The maximum Gasteiger partial charge on any atom is 0.496 e. The Kier molecular flexibility index (Phi) is 9.30. The lowest BCUT2D eigenvalue weighted by molar-refractivity contribution is -0.141. The summed E-state index contributed by atoms with van der Waals surface area (Å²) in [6.45, 7) is 15.5. The summed E-state index contributed by atoms with van der Waals surface area (Å²) in [5, 5.41) is 5.37. The average molecular weight is 490 g/mol. The molecule has 2 heterocycles. The van der Waals surface area contributed by atoms with Crippen molar-refractivity contribution in [3.63, 3.8) is 0 Å². The lowest BCUT2D eigenvalue weighted by Gasteiger charge is -2.33. The molecule has 1 saturated heterocycles. The predicted octanol–water partition coefficient (Wildman–Crippen LogP) is 2.33. The standard InChI is InChI=1S/C24H39BN4O6/c1-10-17(29(11-2)21(31)19(15(3)4)28-22(32)33-9)20(30)27-18-13-12-16(14-26-18)25-34-23(5,6)24(7,8)35-25/h12-15,17,19H,10-11H2,1-9H3,(H,28,32)(H,26,27,30). The molecule has 11 heteroatoms. The molecule has 2 N–H and O–H groups in total. The van der Waals surface area contributed by atoms with Crippen molar-refractivity contribution >= 4 is 36.3 Å². The normalized spacial score (nSPS) is 18.1. The lowest BCUT2D eigenvalue weighted by atomic mass is 9.80. The number of anilines is 1. The van der Waals surface area contributed by atoms with Crippen LogP contribution < -0.4 is 16.1 Å². The van der Waals surface area contributed by atoms with E-state index < -0.39 is 36.5 Å². The van der Waals surface area contributed by atoms with E-state index in [-0.39, 0.29) is 17.7 Å². The Balaban J connectivity index is 2.13. The molecule has 0 saturated carbocycles. The summed E-state index contributed by atoms with van der Waals surface area (Å²) in [5.41, 5.74) is -0.190. The predicted molar refractivity (Wildman–Crippen MR) is 134 cm³/mol. The Bertz CT molecular complexity index is 890. The minimum absolute atomic E-state index is 0.194. The zero-order valence-corrected chi connectivity index (χ0v) is 22.3. The third-order valence-corrected chi connectivity index (χ3v) is 6.64. The summed E-state index contributed by atoms with van der Waals surface area (Å²) in [5.74, 6) is -0.552. The maximum atomic E-state index is 13.3. The van der Waals surface area contributed by atoms with E-state index in [9.17, 15) is 14.4 Å². The second-order valence-corrected chi connectivity index (χ2v) is 9.96. The van der Waals surface area contributed by atoms with Crippen LogP contribution in [0.15, 0.2) is 18.3 Å². The van der Waals surface area contributed by atoms with E-state index in [0.717, 1.165) is 5.46 Å². The molecule has 2 rings (SSSR count). The monoisotopic (exact) mass is 490 g/mol. The number of likely N-dealkylation sites (N-methyl/N-ethyl adjacent to an activating group) is 1. The first-order chi connectivity index (χ1) is 16.3. The second kappa shape index (κ2) is 11.4. The molecule has 10 nitrogen and oxygen atoms in total. The first-order valence-electron chi connectivity index (χ1n) is 12.0. The van der Waals surface area contributed by atoms with E-state index in [1.807, 2.05) is 48.5 Å². The molecule has 0 spiro atoms. The van der Waals surface area contributed by atoms with Gasteiger partial charge >= 0.3 is 13.2 Å². The van der Waals surface area contributed by atoms with Crippen molar-refractivity contribution in [1.82, 2.24) is 15.2 Å². The Morgan fingerprint density at radius 3 is 2.14 bits per heavy atom. The van der Waals surface area contributed by atoms with Gasteiger partial charge in [0.05, 0.1) is 18.3 Å². The number of alkyl carbamates (subject to hydrolysis) is 1. The molecule has 0 aromatic carbocycles. The van der Waals surface area contributed by atoms with E-state index in [4.69, 9.17) is 9.31 Å². The van der Waals surface area contributed by atoms with Crippen molar-refractivity contribution in [3.05, 3.63) is 18.3 Å². The van der Waals surface area contributed by atoms with Gasteiger partial charge in [0, 0.05) is 18.2 Å². The van der Waals surface area contributed by atoms with Crippen molar-refractivity contribution in [1.29, 1.82) is 0 Å². The molecule has 2 unspecified atom stereocenters.